The van der Waals surface area contributed by atoms with Gasteiger partial charge >= 0.3 is 5.97 Å². The van der Waals surface area contributed by atoms with Crippen LogP contribution in [0.15, 0.2) is 48.5 Å². The number of esters is 1. The molecule has 0 unspecified atom stereocenters. The maximum absolute atomic E-state index is 12.9. The second-order valence-electron chi connectivity index (χ2n) is 5.18. The third-order valence-corrected chi connectivity index (χ3v) is 3.48. The van der Waals surface area contributed by atoms with Crippen LogP contribution in [0.4, 0.5) is 10.1 Å². The van der Waals surface area contributed by atoms with Crippen LogP contribution < -0.4 is 5.32 Å². The molecule has 0 bridgehead atoms. The summed E-state index contributed by atoms with van der Waals surface area (Å²) in [6.45, 7) is 0. The Kier molecular flexibility index (Phi) is 5.78. The highest BCUT2D eigenvalue weighted by Crippen LogP contribution is 2.14. The van der Waals surface area contributed by atoms with Crippen molar-refractivity contribution >= 4 is 17.6 Å². The third-order valence-electron chi connectivity index (χ3n) is 3.48. The molecule has 2 aromatic carbocycles. The highest BCUT2D eigenvalue weighted by Gasteiger charge is 2.23. The van der Waals surface area contributed by atoms with Gasteiger partial charge in [-0.15, -0.1) is 0 Å². The van der Waals surface area contributed by atoms with Crippen molar-refractivity contribution in [1.29, 1.82) is 0 Å². The Hall–Kier alpha value is -3.29. The van der Waals surface area contributed by atoms with E-state index in [1.807, 2.05) is 0 Å². The number of hydrogen-bond acceptors (Lipinski definition) is 5. The zero-order valence-corrected chi connectivity index (χ0v) is 13.3. The number of methoxy groups -OCH3 is 1. The molecule has 0 fully saturated rings. The Bertz CT molecular complexity index is 775. The topological polar surface area (TPSA) is 98.5 Å². The summed E-state index contributed by atoms with van der Waals surface area (Å²) in [6, 6.07) is 9.50. The molecule has 0 aliphatic carbocycles. The summed E-state index contributed by atoms with van der Waals surface area (Å²) in [6.07, 6.45) is 0.0948. The molecule has 0 radical (unpaired) electrons. The number of non-ortho nitro benzene ring substituents is 1. The van der Waals surface area contributed by atoms with E-state index in [2.05, 4.69) is 10.1 Å². The number of hydrogen-bond donors (Lipinski definition) is 1. The van der Waals surface area contributed by atoms with Crippen LogP contribution in [0.2, 0.25) is 0 Å². The number of nitrogens with zero attached hydrogens (tertiary/aromatic N) is 1. The molecule has 8 heteroatoms. The van der Waals surface area contributed by atoms with Crippen LogP contribution >= 0.6 is 0 Å². The lowest BCUT2D eigenvalue weighted by molar-refractivity contribution is -0.384. The minimum absolute atomic E-state index is 0.0753. The number of carbonyl (C=O) groups is 2. The molecule has 1 amide bonds. The van der Waals surface area contributed by atoms with Crippen molar-refractivity contribution in [2.75, 3.05) is 7.11 Å². The molecule has 0 saturated carbocycles. The van der Waals surface area contributed by atoms with Crippen LogP contribution in [-0.2, 0) is 16.0 Å². The maximum Gasteiger partial charge on any atom is 0.328 e. The van der Waals surface area contributed by atoms with Crippen molar-refractivity contribution in [2.24, 2.45) is 0 Å². The molecule has 0 aromatic heterocycles. The molecule has 0 heterocycles. The van der Waals surface area contributed by atoms with Crippen LogP contribution in [0, 0.1) is 15.9 Å². The summed E-state index contributed by atoms with van der Waals surface area (Å²) < 4.78 is 17.6. The third kappa shape index (κ3) is 4.84. The smallest absolute Gasteiger partial charge is 0.328 e. The number of ether oxygens (including phenoxy) is 1. The maximum atomic E-state index is 12.9. The molecule has 0 saturated heterocycles. The summed E-state index contributed by atoms with van der Waals surface area (Å²) in [5.41, 5.74) is 0.730. The van der Waals surface area contributed by atoms with Crippen LogP contribution in [0.1, 0.15) is 15.9 Å². The molecular formula is C17H15FN2O5. The highest BCUT2D eigenvalue weighted by molar-refractivity contribution is 5.96. The first kappa shape index (κ1) is 18.1. The van der Waals surface area contributed by atoms with E-state index in [4.69, 9.17) is 0 Å². The average Bonchev–Trinajstić information content (AvgIpc) is 2.61. The van der Waals surface area contributed by atoms with Crippen molar-refractivity contribution in [3.63, 3.8) is 0 Å². The number of amides is 1. The van der Waals surface area contributed by atoms with Crippen molar-refractivity contribution < 1.29 is 23.6 Å². The monoisotopic (exact) mass is 346 g/mol. The highest BCUT2D eigenvalue weighted by atomic mass is 19.1. The molecule has 1 N–H and O–H groups in total. The van der Waals surface area contributed by atoms with E-state index in [-0.39, 0.29) is 17.7 Å². The van der Waals surface area contributed by atoms with E-state index >= 15 is 0 Å². The van der Waals surface area contributed by atoms with Crippen LogP contribution in [0.3, 0.4) is 0 Å². The van der Waals surface area contributed by atoms with Gasteiger partial charge in [0.2, 0.25) is 0 Å². The number of halogens is 1. The van der Waals surface area contributed by atoms with Crippen molar-refractivity contribution in [3.05, 3.63) is 75.6 Å². The molecular weight excluding hydrogens is 331 g/mol. The Labute approximate surface area is 142 Å². The van der Waals surface area contributed by atoms with Gasteiger partial charge in [-0.25, -0.2) is 9.18 Å². The van der Waals surface area contributed by atoms with Gasteiger partial charge in [-0.3, -0.25) is 14.9 Å². The molecule has 2 aromatic rings. The van der Waals surface area contributed by atoms with Crippen molar-refractivity contribution in [1.82, 2.24) is 5.32 Å². The standard InChI is InChI=1S/C17H15FN2O5/c1-25-17(22)15(10-11-2-8-14(9-3-11)20(23)24)19-16(21)12-4-6-13(18)7-5-12/h2-9,15H,10H2,1H3,(H,19,21)/t15-/m1/s1. The molecule has 0 aliphatic rings. The fourth-order valence-electron chi connectivity index (χ4n) is 2.17. The first-order valence-electron chi connectivity index (χ1n) is 7.28. The zero-order valence-electron chi connectivity index (χ0n) is 13.3. The van der Waals surface area contributed by atoms with Gasteiger partial charge in [0, 0.05) is 24.1 Å². The van der Waals surface area contributed by atoms with Gasteiger partial charge in [-0.1, -0.05) is 12.1 Å². The second-order valence-corrected chi connectivity index (χ2v) is 5.18. The molecule has 2 rings (SSSR count). The number of rotatable bonds is 6. The fourth-order valence-corrected chi connectivity index (χ4v) is 2.17. The van der Waals surface area contributed by atoms with E-state index in [1.165, 1.54) is 43.5 Å². The largest absolute Gasteiger partial charge is 0.467 e. The van der Waals surface area contributed by atoms with Crippen LogP contribution in [0.5, 0.6) is 0 Å². The summed E-state index contributed by atoms with van der Waals surface area (Å²) in [7, 11) is 1.19. The van der Waals surface area contributed by atoms with Gasteiger partial charge in [-0.2, -0.15) is 0 Å². The molecule has 7 nitrogen and oxygen atoms in total. The van der Waals surface area contributed by atoms with Gasteiger partial charge in [0.05, 0.1) is 12.0 Å². The van der Waals surface area contributed by atoms with Gasteiger partial charge < -0.3 is 10.1 Å². The summed E-state index contributed by atoms with van der Waals surface area (Å²) in [5, 5.41) is 13.2. The zero-order chi connectivity index (χ0) is 18.4. The number of nitrogens with one attached hydrogen (secondary N) is 1. The summed E-state index contributed by atoms with van der Waals surface area (Å²) in [5.74, 6) is -1.70. The Morgan fingerprint density at radius 1 is 1.16 bits per heavy atom. The summed E-state index contributed by atoms with van der Waals surface area (Å²) >= 11 is 0. The average molecular weight is 346 g/mol. The normalized spacial score (nSPS) is 11.4. The van der Waals surface area contributed by atoms with E-state index in [0.717, 1.165) is 12.1 Å². The van der Waals surface area contributed by atoms with Crippen LogP contribution in [-0.4, -0.2) is 30.0 Å². The first-order valence-corrected chi connectivity index (χ1v) is 7.28. The Morgan fingerprint density at radius 3 is 2.28 bits per heavy atom. The Balaban J connectivity index is 2.13. The van der Waals surface area contributed by atoms with Gasteiger partial charge in [-0.05, 0) is 29.8 Å². The second kappa shape index (κ2) is 8.00. The minimum Gasteiger partial charge on any atom is -0.467 e. The predicted octanol–water partition coefficient (Wildman–Crippen LogP) is 2.25. The lowest BCUT2D eigenvalue weighted by Crippen LogP contribution is -2.43. The number of nitro groups is 1. The summed E-state index contributed by atoms with van der Waals surface area (Å²) in [4.78, 5) is 34.2. The van der Waals surface area contributed by atoms with E-state index in [0.29, 0.717) is 5.56 Å². The Morgan fingerprint density at radius 2 is 1.76 bits per heavy atom. The minimum atomic E-state index is -0.982. The number of carbonyl (C=O) groups excluding carboxylic acids is 2. The number of nitro benzene ring substituents is 1. The quantitative estimate of drug-likeness (QED) is 0.491. The van der Waals surface area contributed by atoms with Gasteiger partial charge in [0.25, 0.3) is 11.6 Å². The predicted molar refractivity (Wildman–Crippen MR) is 86.5 cm³/mol. The lowest BCUT2D eigenvalue weighted by Gasteiger charge is -2.16. The van der Waals surface area contributed by atoms with Crippen molar-refractivity contribution in [3.8, 4) is 0 Å². The SMILES string of the molecule is COC(=O)[C@@H](Cc1ccc([N+](=O)[O-])cc1)NC(=O)c1ccc(F)cc1. The van der Waals surface area contributed by atoms with Gasteiger partial charge in [0.15, 0.2) is 0 Å². The van der Waals surface area contributed by atoms with Crippen molar-refractivity contribution in [2.45, 2.75) is 12.5 Å². The molecule has 1 atom stereocenters. The fraction of sp³-hybridized carbons (Fsp3) is 0.176. The molecule has 25 heavy (non-hydrogen) atoms. The molecule has 130 valence electrons. The van der Waals surface area contributed by atoms with E-state index in [9.17, 15) is 24.1 Å². The van der Waals surface area contributed by atoms with E-state index in [1.54, 1.807) is 0 Å². The number of benzene rings is 2. The molecule has 0 spiro atoms. The first-order chi connectivity index (χ1) is 11.9. The molecule has 0 aliphatic heterocycles. The van der Waals surface area contributed by atoms with E-state index < -0.39 is 28.7 Å². The van der Waals surface area contributed by atoms with Gasteiger partial charge in [0.1, 0.15) is 11.9 Å². The lowest BCUT2D eigenvalue weighted by atomic mass is 10.0. The van der Waals surface area contributed by atoms with Crippen LogP contribution in [0.25, 0.3) is 0 Å².